The molecule has 5 nitrogen and oxygen atoms in total. The molecule has 0 aliphatic rings. The van der Waals surface area contributed by atoms with Gasteiger partial charge in [0, 0.05) is 24.5 Å². The van der Waals surface area contributed by atoms with Gasteiger partial charge in [0.1, 0.15) is 11.4 Å². The summed E-state index contributed by atoms with van der Waals surface area (Å²) < 4.78 is 7.10. The minimum absolute atomic E-state index is 0.292. The Hall–Kier alpha value is -2.30. The van der Waals surface area contributed by atoms with Gasteiger partial charge in [0.2, 0.25) is 0 Å². The quantitative estimate of drug-likeness (QED) is 0.674. The smallest absolute Gasteiger partial charge is 0.359 e. The van der Waals surface area contributed by atoms with E-state index in [1.54, 1.807) is 16.8 Å². The molecule has 0 spiro atoms. The number of nitrogens with zero attached hydrogens (tertiary/aromatic N) is 2. The number of rotatable bonds is 2. The predicted molar refractivity (Wildman–Crippen MR) is 78.2 cm³/mol. The van der Waals surface area contributed by atoms with Crippen molar-refractivity contribution in [3.05, 3.63) is 36.2 Å². The van der Waals surface area contributed by atoms with E-state index >= 15 is 0 Å². The molecule has 0 unspecified atom stereocenters. The molecule has 20 heavy (non-hydrogen) atoms. The van der Waals surface area contributed by atoms with Crippen LogP contribution in [0.5, 0.6) is 0 Å². The van der Waals surface area contributed by atoms with Crippen molar-refractivity contribution in [2.45, 2.75) is 26.4 Å². The Kier molecular flexibility index (Phi) is 3.53. The molecule has 0 bridgehead atoms. The summed E-state index contributed by atoms with van der Waals surface area (Å²) in [5.74, 6) is 0.251. The number of aromatic nitrogens is 2. The van der Waals surface area contributed by atoms with E-state index in [9.17, 15) is 4.79 Å². The summed E-state index contributed by atoms with van der Waals surface area (Å²) in [7, 11) is 1.83. The summed E-state index contributed by atoms with van der Waals surface area (Å²) >= 11 is 0. The lowest BCUT2D eigenvalue weighted by Crippen LogP contribution is -2.24. The third-order valence-corrected chi connectivity index (χ3v) is 2.63. The molecule has 0 aliphatic carbocycles. The number of imidazole rings is 1. The molecule has 0 radical (unpaired) electrons. The second kappa shape index (κ2) is 5.00. The monoisotopic (exact) mass is 273 g/mol. The molecular weight excluding hydrogens is 254 g/mol. The fourth-order valence-corrected chi connectivity index (χ4v) is 1.84. The van der Waals surface area contributed by atoms with E-state index in [2.05, 4.69) is 4.98 Å². The number of carbonyl (C=O) groups excluding carboxylic acids is 1. The first-order valence-electron chi connectivity index (χ1n) is 6.39. The minimum atomic E-state index is -0.536. The zero-order valence-corrected chi connectivity index (χ0v) is 12.2. The molecule has 0 atom stereocenters. The summed E-state index contributed by atoms with van der Waals surface area (Å²) in [5, 5.41) is 0. The van der Waals surface area contributed by atoms with Gasteiger partial charge in [-0.3, -0.25) is 0 Å². The van der Waals surface area contributed by atoms with Crippen LogP contribution in [0.2, 0.25) is 0 Å². The van der Waals surface area contributed by atoms with E-state index in [-0.39, 0.29) is 0 Å². The lowest BCUT2D eigenvalue weighted by atomic mass is 10.2. The van der Waals surface area contributed by atoms with Crippen molar-refractivity contribution in [1.29, 1.82) is 0 Å². The molecule has 5 heteroatoms. The van der Waals surface area contributed by atoms with Crippen molar-refractivity contribution >= 4 is 11.7 Å². The van der Waals surface area contributed by atoms with Gasteiger partial charge in [-0.2, -0.15) is 0 Å². The van der Waals surface area contributed by atoms with Gasteiger partial charge in [-0.05, 0) is 32.9 Å². The lowest BCUT2D eigenvalue weighted by Gasteiger charge is -2.18. The average molecular weight is 273 g/mol. The number of ether oxygens (including phenoxy) is 1. The van der Waals surface area contributed by atoms with E-state index in [1.807, 2.05) is 46.0 Å². The molecule has 0 saturated carbocycles. The Bertz CT molecular complexity index is 639. The second-order valence-electron chi connectivity index (χ2n) is 5.69. The molecule has 0 aliphatic heterocycles. The average Bonchev–Trinajstić information content (AvgIpc) is 2.69. The highest BCUT2D eigenvalue weighted by Gasteiger charge is 2.21. The minimum Gasteiger partial charge on any atom is -0.455 e. The summed E-state index contributed by atoms with van der Waals surface area (Å²) in [6, 6.07) is 7.38. The molecule has 1 aromatic carbocycles. The number of esters is 1. The summed E-state index contributed by atoms with van der Waals surface area (Å²) in [5.41, 5.74) is 7.04. The van der Waals surface area contributed by atoms with Crippen molar-refractivity contribution in [3.8, 4) is 11.4 Å². The largest absolute Gasteiger partial charge is 0.455 e. The van der Waals surface area contributed by atoms with Crippen LogP contribution in [0.15, 0.2) is 30.5 Å². The van der Waals surface area contributed by atoms with Crippen LogP contribution < -0.4 is 5.73 Å². The molecule has 2 aromatic rings. The van der Waals surface area contributed by atoms with Gasteiger partial charge in [0.15, 0.2) is 5.69 Å². The fraction of sp³-hybridized carbons (Fsp3) is 0.333. The van der Waals surface area contributed by atoms with Gasteiger partial charge < -0.3 is 15.0 Å². The first-order chi connectivity index (χ1) is 9.26. The zero-order valence-electron chi connectivity index (χ0n) is 12.2. The van der Waals surface area contributed by atoms with Crippen LogP contribution in [-0.2, 0) is 11.8 Å². The van der Waals surface area contributed by atoms with Crippen molar-refractivity contribution in [1.82, 2.24) is 9.55 Å². The molecule has 2 rings (SSSR count). The van der Waals surface area contributed by atoms with Crippen molar-refractivity contribution in [3.63, 3.8) is 0 Å². The van der Waals surface area contributed by atoms with Gasteiger partial charge in [0.05, 0.1) is 0 Å². The van der Waals surface area contributed by atoms with E-state index in [0.717, 1.165) is 5.56 Å². The molecule has 106 valence electrons. The SMILES string of the molecule is Cn1cc(C(=O)OC(C)(C)C)nc1-c1cccc(N)c1. The van der Waals surface area contributed by atoms with Crippen LogP contribution in [0.25, 0.3) is 11.4 Å². The van der Waals surface area contributed by atoms with Crippen LogP contribution in [-0.4, -0.2) is 21.1 Å². The lowest BCUT2D eigenvalue weighted by molar-refractivity contribution is 0.00634. The van der Waals surface area contributed by atoms with Gasteiger partial charge >= 0.3 is 5.97 Å². The van der Waals surface area contributed by atoms with Gasteiger partial charge in [0.25, 0.3) is 0 Å². The highest BCUT2D eigenvalue weighted by atomic mass is 16.6. The number of nitrogen functional groups attached to an aromatic ring is 1. The Morgan fingerprint density at radius 1 is 1.35 bits per heavy atom. The topological polar surface area (TPSA) is 70.1 Å². The third kappa shape index (κ3) is 3.17. The van der Waals surface area contributed by atoms with Crippen molar-refractivity contribution < 1.29 is 9.53 Å². The van der Waals surface area contributed by atoms with Crippen LogP contribution in [0.4, 0.5) is 5.69 Å². The first kappa shape index (κ1) is 14.1. The summed E-state index contributed by atoms with van der Waals surface area (Å²) in [6.45, 7) is 5.48. The van der Waals surface area contributed by atoms with Crippen molar-refractivity contribution in [2.75, 3.05) is 5.73 Å². The number of hydrogen-bond acceptors (Lipinski definition) is 4. The molecule has 0 fully saturated rings. The van der Waals surface area contributed by atoms with E-state index in [0.29, 0.717) is 17.2 Å². The van der Waals surface area contributed by atoms with E-state index in [4.69, 9.17) is 10.5 Å². The number of anilines is 1. The van der Waals surface area contributed by atoms with Gasteiger partial charge in [-0.15, -0.1) is 0 Å². The summed E-state index contributed by atoms with van der Waals surface area (Å²) in [4.78, 5) is 16.3. The van der Waals surface area contributed by atoms with E-state index < -0.39 is 11.6 Å². The Morgan fingerprint density at radius 2 is 2.05 bits per heavy atom. The molecule has 0 saturated heterocycles. The third-order valence-electron chi connectivity index (χ3n) is 2.63. The number of carbonyl (C=O) groups is 1. The number of hydrogen-bond donors (Lipinski definition) is 1. The Morgan fingerprint density at radius 3 is 2.65 bits per heavy atom. The normalized spacial score (nSPS) is 11.4. The maximum absolute atomic E-state index is 12.0. The molecule has 0 amide bonds. The number of nitrogens with two attached hydrogens (primary N) is 1. The fourth-order valence-electron chi connectivity index (χ4n) is 1.84. The second-order valence-corrected chi connectivity index (χ2v) is 5.69. The summed E-state index contributed by atoms with van der Waals surface area (Å²) in [6.07, 6.45) is 1.66. The van der Waals surface area contributed by atoms with Crippen LogP contribution in [0.3, 0.4) is 0 Å². The zero-order chi connectivity index (χ0) is 14.9. The molecule has 2 N–H and O–H groups in total. The molecule has 1 heterocycles. The number of aryl methyl sites for hydroxylation is 1. The maximum atomic E-state index is 12.0. The molecule has 1 aromatic heterocycles. The Labute approximate surface area is 118 Å². The standard InChI is InChI=1S/C15H19N3O2/c1-15(2,3)20-14(19)12-9-18(4)13(17-12)10-6-5-7-11(16)8-10/h5-9H,16H2,1-4H3. The Balaban J connectivity index is 2.33. The van der Waals surface area contributed by atoms with Crippen molar-refractivity contribution in [2.24, 2.45) is 7.05 Å². The number of benzene rings is 1. The first-order valence-corrected chi connectivity index (χ1v) is 6.39. The van der Waals surface area contributed by atoms with Crippen LogP contribution in [0.1, 0.15) is 31.3 Å². The highest BCUT2D eigenvalue weighted by Crippen LogP contribution is 2.21. The van der Waals surface area contributed by atoms with Gasteiger partial charge in [-0.1, -0.05) is 12.1 Å². The highest BCUT2D eigenvalue weighted by molar-refractivity contribution is 5.88. The van der Waals surface area contributed by atoms with Crippen LogP contribution in [0, 0.1) is 0 Å². The van der Waals surface area contributed by atoms with Crippen LogP contribution >= 0.6 is 0 Å². The predicted octanol–water partition coefficient (Wildman–Crippen LogP) is 2.62. The maximum Gasteiger partial charge on any atom is 0.359 e. The van der Waals surface area contributed by atoms with Gasteiger partial charge in [-0.25, -0.2) is 9.78 Å². The molecular formula is C15H19N3O2. The van der Waals surface area contributed by atoms with E-state index in [1.165, 1.54) is 0 Å².